The van der Waals surface area contributed by atoms with E-state index >= 15 is 0 Å². The van der Waals surface area contributed by atoms with E-state index in [-0.39, 0.29) is 18.3 Å². The van der Waals surface area contributed by atoms with E-state index in [1.54, 1.807) is 18.0 Å². The number of rotatable bonds is 4. The second kappa shape index (κ2) is 8.40. The smallest absolute Gasteiger partial charge is 0.254 e. The third kappa shape index (κ3) is 4.67. The Bertz CT molecular complexity index is 411. The van der Waals surface area contributed by atoms with Gasteiger partial charge in [0.05, 0.1) is 18.7 Å². The number of pyridine rings is 1. The van der Waals surface area contributed by atoms with Crippen molar-refractivity contribution in [3.63, 3.8) is 0 Å². The number of carbonyl (C=O) groups is 1. The highest BCUT2D eigenvalue weighted by Gasteiger charge is 2.20. The fourth-order valence-electron chi connectivity index (χ4n) is 2.09. The fourth-order valence-corrected chi connectivity index (χ4v) is 3.32. The summed E-state index contributed by atoms with van der Waals surface area (Å²) >= 11 is 1.75. The third-order valence-corrected chi connectivity index (χ3v) is 4.37. The monoisotopic (exact) mass is 301 g/mol. The summed E-state index contributed by atoms with van der Waals surface area (Å²) in [6, 6.07) is 3.68. The lowest BCUT2D eigenvalue weighted by molar-refractivity contribution is -0.661. The molecule has 1 aromatic rings. The van der Waals surface area contributed by atoms with Crippen molar-refractivity contribution in [1.82, 2.24) is 10.3 Å². The molecule has 1 aliphatic heterocycles. The molecule has 1 fully saturated rings. The molecule has 3 N–H and O–H groups in total. The number of hydrogen-bond donors (Lipinski definition) is 2. The van der Waals surface area contributed by atoms with Crippen molar-refractivity contribution in [2.45, 2.75) is 30.0 Å². The van der Waals surface area contributed by atoms with Crippen LogP contribution in [0.5, 0.6) is 0 Å². The van der Waals surface area contributed by atoms with Crippen LogP contribution in [-0.2, 0) is 0 Å². The molecule has 106 valence electrons. The van der Waals surface area contributed by atoms with Crippen LogP contribution >= 0.6 is 11.8 Å². The predicted octanol–water partition coefficient (Wildman–Crippen LogP) is -2.35. The van der Waals surface area contributed by atoms with Gasteiger partial charge in [-0.2, -0.15) is 0 Å². The Morgan fingerprint density at radius 2 is 2.26 bits per heavy atom. The normalized spacial score (nSPS) is 15.6. The van der Waals surface area contributed by atoms with Crippen molar-refractivity contribution in [2.75, 3.05) is 19.6 Å². The first-order valence-electron chi connectivity index (χ1n) is 6.52. The Morgan fingerprint density at radius 1 is 1.53 bits per heavy atom. The topological polar surface area (TPSA) is 58.6 Å². The number of hydrogen-bond acceptors (Lipinski definition) is 3. The van der Waals surface area contributed by atoms with Crippen LogP contribution in [0.15, 0.2) is 23.4 Å². The zero-order valence-electron chi connectivity index (χ0n) is 11.1. The molecule has 1 saturated heterocycles. The molecule has 4 nitrogen and oxygen atoms in total. The van der Waals surface area contributed by atoms with Crippen LogP contribution in [0.4, 0.5) is 0 Å². The van der Waals surface area contributed by atoms with Crippen molar-refractivity contribution in [2.24, 2.45) is 0 Å². The molecular formula is C13H20ClN3OS. The van der Waals surface area contributed by atoms with Crippen molar-refractivity contribution in [3.8, 4) is 0 Å². The molecule has 1 aromatic heterocycles. The Morgan fingerprint density at radius 3 is 2.95 bits per heavy atom. The fraction of sp³-hybridized carbons (Fsp3) is 0.538. The van der Waals surface area contributed by atoms with Crippen LogP contribution in [0.25, 0.3) is 0 Å². The van der Waals surface area contributed by atoms with Gasteiger partial charge in [-0.05, 0) is 19.1 Å². The SMILES string of the molecule is CCNC(=O)c1cccnc1SC1CC[NH2+]CC1.[Cl-]. The molecule has 0 aromatic carbocycles. The average molecular weight is 302 g/mol. The van der Waals surface area contributed by atoms with E-state index in [9.17, 15) is 4.79 Å². The standard InChI is InChI=1S/C13H19N3OS.ClH/c1-2-15-12(17)11-4-3-7-16-13(11)18-10-5-8-14-9-6-10;/h3-4,7,10,14H,2,5-6,8-9H2,1H3,(H,15,17);1H. The highest BCUT2D eigenvalue weighted by molar-refractivity contribution is 7.99. The van der Waals surface area contributed by atoms with Gasteiger partial charge in [-0.25, -0.2) is 4.98 Å². The van der Waals surface area contributed by atoms with E-state index in [0.29, 0.717) is 17.4 Å². The highest BCUT2D eigenvalue weighted by Crippen LogP contribution is 2.28. The number of carbonyl (C=O) groups excluding carboxylic acids is 1. The lowest BCUT2D eigenvalue weighted by Crippen LogP contribution is -3.00. The third-order valence-electron chi connectivity index (χ3n) is 3.02. The predicted molar refractivity (Wildman–Crippen MR) is 72.8 cm³/mol. The Kier molecular flexibility index (Phi) is 7.20. The summed E-state index contributed by atoms with van der Waals surface area (Å²) in [7, 11) is 0. The summed E-state index contributed by atoms with van der Waals surface area (Å²) < 4.78 is 0. The largest absolute Gasteiger partial charge is 1.00 e. The number of aromatic nitrogens is 1. The number of thioether (sulfide) groups is 1. The van der Waals surface area contributed by atoms with Gasteiger partial charge in [-0.15, -0.1) is 11.8 Å². The van der Waals surface area contributed by atoms with Crippen LogP contribution in [0.1, 0.15) is 30.1 Å². The van der Waals surface area contributed by atoms with Gasteiger partial charge >= 0.3 is 0 Å². The lowest BCUT2D eigenvalue weighted by Gasteiger charge is -2.20. The first-order valence-corrected chi connectivity index (χ1v) is 7.40. The summed E-state index contributed by atoms with van der Waals surface area (Å²) in [6.45, 7) is 4.94. The van der Waals surface area contributed by atoms with Gasteiger partial charge in [0.2, 0.25) is 0 Å². The maximum absolute atomic E-state index is 11.9. The summed E-state index contributed by atoms with van der Waals surface area (Å²) in [6.07, 6.45) is 4.15. The van der Waals surface area contributed by atoms with Gasteiger partial charge in [0.15, 0.2) is 0 Å². The van der Waals surface area contributed by atoms with E-state index in [0.717, 1.165) is 5.03 Å². The summed E-state index contributed by atoms with van der Waals surface area (Å²) in [5.41, 5.74) is 0.707. The van der Waals surface area contributed by atoms with E-state index in [1.165, 1.54) is 25.9 Å². The summed E-state index contributed by atoms with van der Waals surface area (Å²) in [5, 5.41) is 6.65. The Labute approximate surface area is 124 Å². The molecule has 0 radical (unpaired) electrons. The van der Waals surface area contributed by atoms with Gasteiger partial charge < -0.3 is 23.0 Å². The van der Waals surface area contributed by atoms with Crippen LogP contribution in [-0.4, -0.2) is 35.8 Å². The van der Waals surface area contributed by atoms with E-state index in [1.807, 2.05) is 19.1 Å². The van der Waals surface area contributed by atoms with Crippen molar-refractivity contribution >= 4 is 17.7 Å². The number of nitrogens with zero attached hydrogens (tertiary/aromatic N) is 1. The van der Waals surface area contributed by atoms with E-state index in [2.05, 4.69) is 15.6 Å². The molecule has 0 saturated carbocycles. The molecule has 2 rings (SSSR count). The molecular weight excluding hydrogens is 282 g/mol. The zero-order chi connectivity index (χ0) is 12.8. The minimum absolute atomic E-state index is 0. The highest BCUT2D eigenvalue weighted by atomic mass is 35.5. The summed E-state index contributed by atoms with van der Waals surface area (Å²) in [4.78, 5) is 16.3. The zero-order valence-corrected chi connectivity index (χ0v) is 12.6. The van der Waals surface area contributed by atoms with Gasteiger partial charge in [0.1, 0.15) is 5.03 Å². The number of amides is 1. The molecule has 2 heterocycles. The summed E-state index contributed by atoms with van der Waals surface area (Å²) in [5.74, 6) is -0.0181. The number of quaternary nitrogens is 1. The first-order chi connectivity index (χ1) is 8.81. The second-order valence-corrected chi connectivity index (χ2v) is 5.69. The minimum atomic E-state index is -0.0181. The van der Waals surface area contributed by atoms with Crippen LogP contribution in [0.2, 0.25) is 0 Å². The van der Waals surface area contributed by atoms with Crippen molar-refractivity contribution < 1.29 is 22.5 Å². The molecule has 19 heavy (non-hydrogen) atoms. The average Bonchev–Trinajstić information content (AvgIpc) is 2.41. The number of halogens is 1. The maximum atomic E-state index is 11.9. The van der Waals surface area contributed by atoms with Crippen molar-refractivity contribution in [1.29, 1.82) is 0 Å². The molecule has 0 bridgehead atoms. The number of nitrogens with two attached hydrogens (primary N) is 1. The maximum Gasteiger partial charge on any atom is 0.254 e. The van der Waals surface area contributed by atoms with Gasteiger partial charge in [0.25, 0.3) is 5.91 Å². The van der Waals surface area contributed by atoms with Gasteiger partial charge in [-0.3, -0.25) is 4.79 Å². The number of piperidine rings is 1. The van der Waals surface area contributed by atoms with Gasteiger partial charge in [-0.1, -0.05) is 0 Å². The molecule has 0 unspecified atom stereocenters. The molecule has 1 amide bonds. The van der Waals surface area contributed by atoms with Crippen LogP contribution in [0.3, 0.4) is 0 Å². The Hall–Kier alpha value is -0.780. The van der Waals surface area contributed by atoms with Crippen LogP contribution < -0.4 is 23.0 Å². The first kappa shape index (κ1) is 16.3. The molecule has 0 aliphatic carbocycles. The molecule has 0 atom stereocenters. The Balaban J connectivity index is 0.00000180. The van der Waals surface area contributed by atoms with E-state index in [4.69, 9.17) is 0 Å². The molecule has 6 heteroatoms. The van der Waals surface area contributed by atoms with E-state index < -0.39 is 0 Å². The minimum Gasteiger partial charge on any atom is -1.00 e. The van der Waals surface area contributed by atoms with Gasteiger partial charge in [0, 0.05) is 30.8 Å². The molecule has 1 aliphatic rings. The lowest BCUT2D eigenvalue weighted by atomic mass is 10.2. The quantitative estimate of drug-likeness (QED) is 0.655. The number of nitrogens with one attached hydrogen (secondary N) is 1. The second-order valence-electron chi connectivity index (χ2n) is 4.40. The molecule has 0 spiro atoms. The van der Waals surface area contributed by atoms with Crippen molar-refractivity contribution in [3.05, 3.63) is 23.9 Å². The van der Waals surface area contributed by atoms with Crippen LogP contribution in [0, 0.1) is 0 Å².